The average Bonchev–Trinajstić information content (AvgIpc) is 3.35. The van der Waals surface area contributed by atoms with E-state index < -0.39 is 17.9 Å². The van der Waals surface area contributed by atoms with E-state index in [1.807, 2.05) is 24.3 Å². The maximum absolute atomic E-state index is 12.2. The number of nitrogens with one attached hydrogen (secondary N) is 1. The number of carbonyl (C=O) groups is 3. The van der Waals surface area contributed by atoms with Crippen molar-refractivity contribution in [2.75, 3.05) is 20.2 Å². The van der Waals surface area contributed by atoms with Gasteiger partial charge < -0.3 is 20.1 Å². The van der Waals surface area contributed by atoms with Crippen LogP contribution in [0, 0.1) is 5.92 Å². The normalized spacial score (nSPS) is 16.2. The quantitative estimate of drug-likeness (QED) is 0.759. The topological polar surface area (TPSA) is 109 Å². The number of hydrogen-bond acceptors (Lipinski definition) is 6. The Hall–Kier alpha value is -2.94. The Bertz CT molecular complexity index is 866. The Morgan fingerprint density at radius 1 is 1.41 bits per heavy atom. The van der Waals surface area contributed by atoms with E-state index in [0.29, 0.717) is 24.5 Å². The van der Waals surface area contributed by atoms with Gasteiger partial charge in [0.05, 0.1) is 13.0 Å². The maximum Gasteiger partial charge on any atom is 0.357 e. The number of carbonyl (C=O) groups excluding carboxylic acids is 2. The molecule has 2 N–H and O–H groups in total. The van der Waals surface area contributed by atoms with Crippen molar-refractivity contribution in [3.63, 3.8) is 0 Å². The van der Waals surface area contributed by atoms with E-state index in [2.05, 4.69) is 15.0 Å². The van der Waals surface area contributed by atoms with Gasteiger partial charge in [-0.25, -0.2) is 14.6 Å². The molecule has 1 saturated heterocycles. The molecule has 1 unspecified atom stereocenters. The minimum absolute atomic E-state index is 0.233. The van der Waals surface area contributed by atoms with E-state index >= 15 is 0 Å². The molecule has 9 heteroatoms. The zero-order valence-corrected chi connectivity index (χ0v) is 15.5. The average molecular weight is 389 g/mol. The molecule has 0 radical (unpaired) electrons. The van der Waals surface area contributed by atoms with E-state index in [9.17, 15) is 14.4 Å². The smallest absolute Gasteiger partial charge is 0.357 e. The SMILES string of the molecule is COC(=O)c1csc(-c2cccc(CNC(=O)N3CCC(C(=O)O)C3)c2)n1. The molecule has 1 aromatic carbocycles. The van der Waals surface area contributed by atoms with Crippen molar-refractivity contribution in [3.05, 3.63) is 40.9 Å². The summed E-state index contributed by atoms with van der Waals surface area (Å²) in [6.45, 7) is 0.991. The van der Waals surface area contributed by atoms with Crippen molar-refractivity contribution in [2.24, 2.45) is 5.92 Å². The number of aromatic nitrogens is 1. The first kappa shape index (κ1) is 18.8. The zero-order chi connectivity index (χ0) is 19.4. The van der Waals surface area contributed by atoms with Crippen molar-refractivity contribution in [3.8, 4) is 10.6 Å². The van der Waals surface area contributed by atoms with Gasteiger partial charge in [-0.1, -0.05) is 18.2 Å². The van der Waals surface area contributed by atoms with Crippen LogP contribution in [0.3, 0.4) is 0 Å². The number of rotatable bonds is 5. The van der Waals surface area contributed by atoms with Crippen LogP contribution in [0.4, 0.5) is 4.79 Å². The molecule has 0 aliphatic carbocycles. The lowest BCUT2D eigenvalue weighted by atomic mass is 10.1. The number of methoxy groups -OCH3 is 1. The lowest BCUT2D eigenvalue weighted by Gasteiger charge is -2.16. The second-order valence-corrected chi connectivity index (χ2v) is 7.02. The lowest BCUT2D eigenvalue weighted by molar-refractivity contribution is -0.141. The van der Waals surface area contributed by atoms with Crippen LogP contribution in [-0.4, -0.2) is 53.2 Å². The number of nitrogens with zero attached hydrogens (tertiary/aromatic N) is 2. The van der Waals surface area contributed by atoms with Gasteiger partial charge in [-0.05, 0) is 18.1 Å². The first-order valence-electron chi connectivity index (χ1n) is 8.36. The molecular weight excluding hydrogens is 370 g/mol. The number of carboxylic acid groups (broad SMARTS) is 1. The highest BCUT2D eigenvalue weighted by atomic mass is 32.1. The third kappa shape index (κ3) is 4.43. The van der Waals surface area contributed by atoms with Crippen LogP contribution >= 0.6 is 11.3 Å². The van der Waals surface area contributed by atoms with Crippen molar-refractivity contribution in [1.29, 1.82) is 0 Å². The number of esters is 1. The Labute approximate surface area is 159 Å². The summed E-state index contributed by atoms with van der Waals surface area (Å²) in [5, 5.41) is 14.2. The minimum atomic E-state index is -0.868. The van der Waals surface area contributed by atoms with Crippen molar-refractivity contribution < 1.29 is 24.2 Å². The van der Waals surface area contributed by atoms with Gasteiger partial charge in [0.1, 0.15) is 5.01 Å². The number of aliphatic carboxylic acids is 1. The molecule has 1 aliphatic rings. The molecule has 27 heavy (non-hydrogen) atoms. The molecule has 0 bridgehead atoms. The fraction of sp³-hybridized carbons (Fsp3) is 0.333. The van der Waals surface area contributed by atoms with E-state index in [4.69, 9.17) is 5.11 Å². The van der Waals surface area contributed by atoms with Gasteiger partial charge in [0.2, 0.25) is 0 Å². The van der Waals surface area contributed by atoms with E-state index in [-0.39, 0.29) is 18.3 Å². The number of amides is 2. The Morgan fingerprint density at radius 3 is 2.93 bits per heavy atom. The van der Waals surface area contributed by atoms with Gasteiger partial charge in [-0.15, -0.1) is 11.3 Å². The Morgan fingerprint density at radius 2 is 2.22 bits per heavy atom. The Kier molecular flexibility index (Phi) is 5.70. The third-order valence-corrected chi connectivity index (χ3v) is 5.23. The highest BCUT2D eigenvalue weighted by Gasteiger charge is 2.30. The van der Waals surface area contributed by atoms with Gasteiger partial charge >= 0.3 is 18.0 Å². The second kappa shape index (κ2) is 8.17. The predicted octanol–water partition coefficient (Wildman–Crippen LogP) is 2.21. The molecule has 1 fully saturated rings. The molecule has 142 valence electrons. The van der Waals surface area contributed by atoms with Crippen LogP contribution in [0.25, 0.3) is 10.6 Å². The van der Waals surface area contributed by atoms with Gasteiger partial charge in [-0.3, -0.25) is 4.79 Å². The van der Waals surface area contributed by atoms with Crippen molar-refractivity contribution in [1.82, 2.24) is 15.2 Å². The summed E-state index contributed by atoms with van der Waals surface area (Å²) in [7, 11) is 1.31. The largest absolute Gasteiger partial charge is 0.481 e. The molecule has 2 amide bonds. The molecule has 0 saturated carbocycles. The zero-order valence-electron chi connectivity index (χ0n) is 14.7. The number of ether oxygens (including phenoxy) is 1. The summed E-state index contributed by atoms with van der Waals surface area (Å²) in [6, 6.07) is 7.23. The van der Waals surface area contributed by atoms with Gasteiger partial charge in [0, 0.05) is 30.6 Å². The summed E-state index contributed by atoms with van der Waals surface area (Å²) in [5.41, 5.74) is 1.98. The van der Waals surface area contributed by atoms with E-state index in [0.717, 1.165) is 11.1 Å². The summed E-state index contributed by atoms with van der Waals surface area (Å²) >= 11 is 1.34. The first-order valence-corrected chi connectivity index (χ1v) is 9.24. The number of hydrogen-bond donors (Lipinski definition) is 2. The fourth-order valence-corrected chi connectivity index (χ4v) is 3.64. The van der Waals surface area contributed by atoms with Gasteiger partial charge in [0.25, 0.3) is 0 Å². The van der Waals surface area contributed by atoms with E-state index in [1.54, 1.807) is 5.38 Å². The monoisotopic (exact) mass is 389 g/mol. The molecule has 1 aliphatic heterocycles. The highest BCUT2D eigenvalue weighted by molar-refractivity contribution is 7.13. The Balaban J connectivity index is 1.61. The van der Waals surface area contributed by atoms with Crippen LogP contribution < -0.4 is 5.32 Å². The molecule has 1 atom stereocenters. The molecule has 3 rings (SSSR count). The highest BCUT2D eigenvalue weighted by Crippen LogP contribution is 2.25. The summed E-state index contributed by atoms with van der Waals surface area (Å²) in [6.07, 6.45) is 0.477. The molecule has 2 heterocycles. The number of likely N-dealkylation sites (tertiary alicyclic amines) is 1. The molecule has 2 aromatic rings. The number of carboxylic acids is 1. The molecule has 1 aromatic heterocycles. The first-order chi connectivity index (χ1) is 13.0. The van der Waals surface area contributed by atoms with Gasteiger partial charge in [-0.2, -0.15) is 0 Å². The standard InChI is InChI=1S/C18H19N3O5S/c1-26-17(24)14-10-27-15(20-14)12-4-2-3-11(7-12)8-19-18(25)21-6-5-13(9-21)16(22)23/h2-4,7,10,13H,5-6,8-9H2,1H3,(H,19,25)(H,22,23). The molecule has 8 nitrogen and oxygen atoms in total. The van der Waals surface area contributed by atoms with Gasteiger partial charge in [0.15, 0.2) is 5.69 Å². The van der Waals surface area contributed by atoms with Crippen LogP contribution in [0.5, 0.6) is 0 Å². The predicted molar refractivity (Wildman–Crippen MR) is 98.4 cm³/mol. The van der Waals surface area contributed by atoms with Crippen LogP contribution in [0.2, 0.25) is 0 Å². The summed E-state index contributed by atoms with van der Waals surface area (Å²) < 4.78 is 4.66. The van der Waals surface area contributed by atoms with Crippen LogP contribution in [-0.2, 0) is 16.1 Å². The number of urea groups is 1. The second-order valence-electron chi connectivity index (χ2n) is 6.16. The van der Waals surface area contributed by atoms with Crippen LogP contribution in [0.15, 0.2) is 29.6 Å². The maximum atomic E-state index is 12.2. The van der Waals surface area contributed by atoms with Crippen LogP contribution in [0.1, 0.15) is 22.5 Å². The fourth-order valence-electron chi connectivity index (χ4n) is 2.85. The summed E-state index contributed by atoms with van der Waals surface area (Å²) in [4.78, 5) is 40.5. The minimum Gasteiger partial charge on any atom is -0.481 e. The number of benzene rings is 1. The third-order valence-electron chi connectivity index (χ3n) is 4.34. The molecule has 0 spiro atoms. The molecular formula is C18H19N3O5S. The van der Waals surface area contributed by atoms with Crippen molar-refractivity contribution >= 4 is 29.3 Å². The van der Waals surface area contributed by atoms with Crippen molar-refractivity contribution in [2.45, 2.75) is 13.0 Å². The summed E-state index contributed by atoms with van der Waals surface area (Å²) in [5.74, 6) is -1.84. The lowest BCUT2D eigenvalue weighted by Crippen LogP contribution is -2.38. The van der Waals surface area contributed by atoms with E-state index in [1.165, 1.54) is 23.3 Å². The number of thiazole rings is 1.